The van der Waals surface area contributed by atoms with Gasteiger partial charge >= 0.3 is 0 Å². The molecule has 1 aromatic carbocycles. The van der Waals surface area contributed by atoms with Crippen LogP contribution in [0, 0.1) is 0 Å². The molecule has 3 saturated heterocycles. The lowest BCUT2D eigenvalue weighted by molar-refractivity contribution is 0.0294. The minimum atomic E-state index is -1.19. The van der Waals surface area contributed by atoms with Crippen molar-refractivity contribution in [3.63, 3.8) is 0 Å². The van der Waals surface area contributed by atoms with Crippen LogP contribution in [-0.4, -0.2) is 113 Å². The third-order valence-corrected chi connectivity index (χ3v) is 9.23. The van der Waals surface area contributed by atoms with Gasteiger partial charge < -0.3 is 14.4 Å². The second-order valence-electron chi connectivity index (χ2n) is 10.1. The monoisotopic (exact) mass is 513 g/mol. The molecule has 3 fully saturated rings. The van der Waals surface area contributed by atoms with Crippen molar-refractivity contribution >= 4 is 16.7 Å². The van der Waals surface area contributed by atoms with Gasteiger partial charge in [-0.1, -0.05) is 18.2 Å². The Hall–Kier alpha value is -2.11. The number of aromatic nitrogens is 2. The smallest absolute Gasteiger partial charge is 0.274 e. The molecule has 0 saturated carbocycles. The molecule has 9 nitrogen and oxygen atoms in total. The minimum absolute atomic E-state index is 0.0651. The van der Waals surface area contributed by atoms with Crippen LogP contribution in [0.2, 0.25) is 0 Å². The van der Waals surface area contributed by atoms with E-state index in [9.17, 15) is 9.00 Å². The number of rotatable bonds is 5. The molecule has 2 atom stereocenters. The molecule has 1 aromatic heterocycles. The highest BCUT2D eigenvalue weighted by atomic mass is 32.2. The predicted molar refractivity (Wildman–Crippen MR) is 136 cm³/mol. The average Bonchev–Trinajstić information content (AvgIpc) is 3.32. The summed E-state index contributed by atoms with van der Waals surface area (Å²) in [6.07, 6.45) is 2.13. The van der Waals surface area contributed by atoms with Gasteiger partial charge in [-0.3, -0.25) is 23.5 Å². The van der Waals surface area contributed by atoms with Crippen molar-refractivity contribution in [3.05, 3.63) is 35.5 Å². The Bertz CT molecular complexity index is 1130. The van der Waals surface area contributed by atoms with Gasteiger partial charge in [-0.05, 0) is 25.5 Å². The number of ether oxygens (including phenoxy) is 2. The van der Waals surface area contributed by atoms with E-state index in [-0.39, 0.29) is 11.9 Å². The van der Waals surface area contributed by atoms with Crippen LogP contribution in [0.4, 0.5) is 0 Å². The number of benzene rings is 1. The number of nitrogens with zero attached hydrogens (tertiary/aromatic N) is 5. The summed E-state index contributed by atoms with van der Waals surface area (Å²) in [6.45, 7) is 9.96. The molecule has 0 bridgehead atoms. The van der Waals surface area contributed by atoms with Gasteiger partial charge in [0.15, 0.2) is 5.69 Å². The third-order valence-electron chi connectivity index (χ3n) is 7.83. The van der Waals surface area contributed by atoms with E-state index in [0.29, 0.717) is 37.8 Å². The molecule has 4 aliphatic heterocycles. The lowest BCUT2D eigenvalue weighted by Gasteiger charge is -2.36. The van der Waals surface area contributed by atoms with E-state index in [0.717, 1.165) is 87.0 Å². The van der Waals surface area contributed by atoms with E-state index in [1.54, 1.807) is 0 Å². The van der Waals surface area contributed by atoms with Gasteiger partial charge in [-0.2, -0.15) is 5.10 Å². The SMILES string of the molecule is O=C(c1nn([C@@H]2CCCN(CCN3CCOCC3)C2)c2c1CS(=O)c1ccccc1-2)N1CCOCC1. The molecule has 194 valence electrons. The van der Waals surface area contributed by atoms with E-state index >= 15 is 0 Å². The zero-order valence-electron chi connectivity index (χ0n) is 20.8. The summed E-state index contributed by atoms with van der Waals surface area (Å²) in [5.74, 6) is 0.273. The van der Waals surface area contributed by atoms with Gasteiger partial charge in [0, 0.05) is 61.8 Å². The zero-order valence-corrected chi connectivity index (χ0v) is 21.6. The van der Waals surface area contributed by atoms with E-state index < -0.39 is 10.8 Å². The summed E-state index contributed by atoms with van der Waals surface area (Å²) in [7, 11) is -1.19. The number of morpholine rings is 2. The number of amides is 1. The maximum Gasteiger partial charge on any atom is 0.274 e. The minimum Gasteiger partial charge on any atom is -0.379 e. The first-order valence-electron chi connectivity index (χ1n) is 13.2. The molecule has 10 heteroatoms. The van der Waals surface area contributed by atoms with E-state index in [4.69, 9.17) is 14.6 Å². The standard InChI is InChI=1S/C26H35N5O4S/c32-26(30-12-16-35-17-13-30)24-22-19-36(33)23-6-2-1-5-21(23)25(22)31(27-24)20-4-3-7-29(18-20)9-8-28-10-14-34-15-11-28/h1-2,5-6,20H,3-4,7-19H2/t20-,36?/m1/s1. The van der Waals surface area contributed by atoms with Crippen LogP contribution in [0.15, 0.2) is 29.2 Å². The number of hydrogen-bond donors (Lipinski definition) is 0. The van der Waals surface area contributed by atoms with Crippen LogP contribution in [0.25, 0.3) is 11.3 Å². The molecule has 36 heavy (non-hydrogen) atoms. The van der Waals surface area contributed by atoms with E-state index in [2.05, 4.69) is 14.5 Å². The molecular weight excluding hydrogens is 478 g/mol. The highest BCUT2D eigenvalue weighted by Crippen LogP contribution is 2.40. The lowest BCUT2D eigenvalue weighted by Crippen LogP contribution is -2.44. The first-order chi connectivity index (χ1) is 17.7. The topological polar surface area (TPSA) is 80.1 Å². The zero-order chi connectivity index (χ0) is 24.5. The van der Waals surface area contributed by atoms with Crippen molar-refractivity contribution in [2.24, 2.45) is 0 Å². The molecule has 6 rings (SSSR count). The predicted octanol–water partition coefficient (Wildman–Crippen LogP) is 1.61. The molecule has 4 aliphatic rings. The normalized spacial score (nSPS) is 25.4. The van der Waals surface area contributed by atoms with Crippen molar-refractivity contribution in [1.29, 1.82) is 0 Å². The molecule has 0 radical (unpaired) electrons. The van der Waals surface area contributed by atoms with Crippen LogP contribution in [-0.2, 0) is 26.0 Å². The molecule has 2 aromatic rings. The van der Waals surface area contributed by atoms with Gasteiger partial charge in [0.05, 0.1) is 54.7 Å². The summed E-state index contributed by atoms with van der Waals surface area (Å²) >= 11 is 0. The Kier molecular flexibility index (Phi) is 7.21. The number of likely N-dealkylation sites (tertiary alicyclic amines) is 1. The fourth-order valence-electron chi connectivity index (χ4n) is 5.85. The van der Waals surface area contributed by atoms with Crippen LogP contribution in [0.5, 0.6) is 0 Å². The first-order valence-corrected chi connectivity index (χ1v) is 14.5. The largest absolute Gasteiger partial charge is 0.379 e. The highest BCUT2D eigenvalue weighted by Gasteiger charge is 2.36. The fraction of sp³-hybridized carbons (Fsp3) is 0.615. The summed E-state index contributed by atoms with van der Waals surface area (Å²) in [4.78, 5) is 21.3. The maximum absolute atomic E-state index is 13.6. The van der Waals surface area contributed by atoms with Crippen molar-refractivity contribution in [2.75, 3.05) is 78.8 Å². The lowest BCUT2D eigenvalue weighted by atomic mass is 10.0. The Balaban J connectivity index is 1.30. The second-order valence-corrected chi connectivity index (χ2v) is 11.5. The number of fused-ring (bicyclic) bond motifs is 3. The molecule has 1 amide bonds. The van der Waals surface area contributed by atoms with Crippen LogP contribution in [0.1, 0.15) is 34.9 Å². The number of piperidine rings is 1. The van der Waals surface area contributed by atoms with Gasteiger partial charge in [-0.25, -0.2) is 0 Å². The van der Waals surface area contributed by atoms with E-state index in [1.165, 1.54) is 0 Å². The molecule has 0 spiro atoms. The Morgan fingerprint density at radius 2 is 1.69 bits per heavy atom. The van der Waals surface area contributed by atoms with Gasteiger partial charge in [0.2, 0.25) is 0 Å². The van der Waals surface area contributed by atoms with E-state index in [1.807, 2.05) is 29.2 Å². The van der Waals surface area contributed by atoms with Gasteiger partial charge in [-0.15, -0.1) is 0 Å². The van der Waals surface area contributed by atoms with Gasteiger partial charge in [0.1, 0.15) is 0 Å². The van der Waals surface area contributed by atoms with Crippen molar-refractivity contribution < 1.29 is 18.5 Å². The fourth-order valence-corrected chi connectivity index (χ4v) is 7.19. The molecule has 0 N–H and O–H groups in total. The molecular formula is C26H35N5O4S. The van der Waals surface area contributed by atoms with Crippen molar-refractivity contribution in [2.45, 2.75) is 29.5 Å². The summed E-state index contributed by atoms with van der Waals surface area (Å²) in [5.41, 5.74) is 3.26. The highest BCUT2D eigenvalue weighted by molar-refractivity contribution is 7.84. The van der Waals surface area contributed by atoms with Crippen LogP contribution < -0.4 is 0 Å². The maximum atomic E-state index is 13.6. The number of carbonyl (C=O) groups is 1. The van der Waals surface area contributed by atoms with Crippen LogP contribution >= 0.6 is 0 Å². The van der Waals surface area contributed by atoms with Crippen molar-refractivity contribution in [3.8, 4) is 11.3 Å². The van der Waals surface area contributed by atoms with Gasteiger partial charge in [0.25, 0.3) is 5.91 Å². The second kappa shape index (κ2) is 10.7. The Morgan fingerprint density at radius 1 is 0.972 bits per heavy atom. The quantitative estimate of drug-likeness (QED) is 0.601. The summed E-state index contributed by atoms with van der Waals surface area (Å²) in [6, 6.07) is 8.09. The summed E-state index contributed by atoms with van der Waals surface area (Å²) in [5, 5.41) is 5.00. The molecule has 1 unspecified atom stereocenters. The third kappa shape index (κ3) is 4.77. The number of hydrogen-bond acceptors (Lipinski definition) is 7. The van der Waals surface area contributed by atoms with Crippen molar-refractivity contribution in [1.82, 2.24) is 24.5 Å². The molecule has 5 heterocycles. The first kappa shape index (κ1) is 24.2. The number of carbonyl (C=O) groups excluding carboxylic acids is 1. The summed E-state index contributed by atoms with van der Waals surface area (Å²) < 4.78 is 26.2. The van der Waals surface area contributed by atoms with Crippen LogP contribution in [0.3, 0.4) is 0 Å². The average molecular weight is 514 g/mol. The molecule has 0 aliphatic carbocycles. The Morgan fingerprint density at radius 3 is 2.50 bits per heavy atom. The Labute approximate surface area is 214 Å².